The van der Waals surface area contributed by atoms with Crippen molar-refractivity contribution in [3.8, 4) is 0 Å². The summed E-state index contributed by atoms with van der Waals surface area (Å²) in [6.07, 6.45) is -0.215. The molecular weight excluding hydrogens is 140 g/mol. The summed E-state index contributed by atoms with van der Waals surface area (Å²) >= 11 is 0. The largest absolute Gasteiger partial charge is 1.00 e. The van der Waals surface area contributed by atoms with Crippen molar-refractivity contribution < 1.29 is 45.3 Å². The summed E-state index contributed by atoms with van der Waals surface area (Å²) in [5.41, 5.74) is 4.82. The van der Waals surface area contributed by atoms with Crippen molar-refractivity contribution >= 4 is 7.60 Å². The van der Waals surface area contributed by atoms with Crippen molar-refractivity contribution in [3.63, 3.8) is 0 Å². The van der Waals surface area contributed by atoms with Crippen LogP contribution in [0.3, 0.4) is 0 Å². The molecule has 0 aromatic rings. The molecule has 0 aliphatic rings. The fourth-order valence-electron chi connectivity index (χ4n) is 0.168. The van der Waals surface area contributed by atoms with Gasteiger partial charge < -0.3 is 16.9 Å². The Labute approximate surface area is 71.4 Å². The van der Waals surface area contributed by atoms with Gasteiger partial charge in [-0.05, 0) is 0 Å². The van der Waals surface area contributed by atoms with Crippen LogP contribution in [-0.2, 0) is 4.57 Å². The van der Waals surface area contributed by atoms with Gasteiger partial charge in [-0.3, -0.25) is 4.57 Å². The van der Waals surface area contributed by atoms with Gasteiger partial charge in [-0.1, -0.05) is 0 Å². The van der Waals surface area contributed by atoms with Gasteiger partial charge in [0.25, 0.3) is 0 Å². The predicted molar refractivity (Wildman–Crippen MR) is 27.1 cm³/mol. The molecule has 0 aromatic carbocycles. The van der Waals surface area contributed by atoms with Gasteiger partial charge in [0.1, 0.15) is 0 Å². The SMILES string of the molecule is NCCP(=O)(O)O.[H-].[Na+]. The molecule has 0 rings (SSSR count). The summed E-state index contributed by atoms with van der Waals surface area (Å²) < 4.78 is 9.85. The zero-order valence-electron chi connectivity index (χ0n) is 5.74. The first kappa shape index (κ1) is 11.9. The van der Waals surface area contributed by atoms with Gasteiger partial charge in [0, 0.05) is 6.54 Å². The maximum absolute atomic E-state index is 9.85. The van der Waals surface area contributed by atoms with E-state index in [1.54, 1.807) is 0 Å². The quantitative estimate of drug-likeness (QED) is 0.278. The fraction of sp³-hybridized carbons (Fsp3) is 1.00. The summed E-state index contributed by atoms with van der Waals surface area (Å²) in [6.45, 7) is 0.0459. The molecule has 0 unspecified atom stereocenters. The van der Waals surface area contributed by atoms with E-state index >= 15 is 0 Å². The minimum absolute atomic E-state index is 0. The molecule has 4 N–H and O–H groups in total. The van der Waals surface area contributed by atoms with Gasteiger partial charge in [0.05, 0.1) is 6.16 Å². The molecule has 0 amide bonds. The minimum Gasteiger partial charge on any atom is -1.00 e. The predicted octanol–water partition coefficient (Wildman–Crippen LogP) is -3.76. The van der Waals surface area contributed by atoms with Crippen molar-refractivity contribution in [2.45, 2.75) is 0 Å². The molecule has 0 spiro atoms. The molecule has 0 fully saturated rings. The second-order valence-corrected chi connectivity index (χ2v) is 2.95. The van der Waals surface area contributed by atoms with Crippen LogP contribution in [0.25, 0.3) is 0 Å². The van der Waals surface area contributed by atoms with E-state index in [9.17, 15) is 4.57 Å². The normalized spacial score (nSPS) is 10.4. The van der Waals surface area contributed by atoms with Crippen LogP contribution < -0.4 is 35.3 Å². The Morgan fingerprint density at radius 2 is 2.00 bits per heavy atom. The molecule has 4 nitrogen and oxygen atoms in total. The van der Waals surface area contributed by atoms with E-state index in [-0.39, 0.29) is 43.7 Å². The van der Waals surface area contributed by atoms with E-state index < -0.39 is 7.60 Å². The van der Waals surface area contributed by atoms with Crippen molar-refractivity contribution in [2.24, 2.45) is 5.73 Å². The molecule has 0 atom stereocenters. The molecule has 0 aromatic heterocycles. The van der Waals surface area contributed by atoms with Crippen LogP contribution >= 0.6 is 7.60 Å². The second kappa shape index (κ2) is 4.94. The smallest absolute Gasteiger partial charge is 1.00 e. The Balaban J connectivity index is -0.000000180. The number of hydrogen-bond donors (Lipinski definition) is 3. The number of hydrogen-bond acceptors (Lipinski definition) is 2. The molecule has 0 aliphatic carbocycles. The first-order valence-electron chi connectivity index (χ1n) is 1.81. The van der Waals surface area contributed by atoms with Crippen LogP contribution in [0.15, 0.2) is 0 Å². The molecule has 0 heterocycles. The first-order valence-corrected chi connectivity index (χ1v) is 3.60. The first-order chi connectivity index (χ1) is 3.06. The standard InChI is InChI=1S/C2H8NO3P.Na.H/c3-1-2-7(4,5)6;;/h1-3H2,(H2,4,5,6);;/q;+1;-1. The van der Waals surface area contributed by atoms with Crippen LogP contribution in [0.2, 0.25) is 0 Å². The van der Waals surface area contributed by atoms with Gasteiger partial charge in [-0.15, -0.1) is 0 Å². The van der Waals surface area contributed by atoms with E-state index in [1.165, 1.54) is 0 Å². The Hall–Kier alpha value is 1.11. The van der Waals surface area contributed by atoms with E-state index in [0.717, 1.165) is 0 Å². The van der Waals surface area contributed by atoms with Crippen molar-refractivity contribution in [3.05, 3.63) is 0 Å². The fourth-order valence-corrected chi connectivity index (χ4v) is 0.505. The molecule has 0 radical (unpaired) electrons. The van der Waals surface area contributed by atoms with Crippen LogP contribution in [-0.4, -0.2) is 22.5 Å². The molecule has 0 saturated heterocycles. The van der Waals surface area contributed by atoms with E-state index in [4.69, 9.17) is 15.5 Å². The summed E-state index contributed by atoms with van der Waals surface area (Å²) in [5.74, 6) is 0. The van der Waals surface area contributed by atoms with Gasteiger partial charge in [-0.2, -0.15) is 0 Å². The van der Waals surface area contributed by atoms with E-state index in [0.29, 0.717) is 0 Å². The molecule has 6 heteroatoms. The van der Waals surface area contributed by atoms with E-state index in [2.05, 4.69) is 0 Å². The van der Waals surface area contributed by atoms with Gasteiger partial charge in [0.15, 0.2) is 0 Å². The number of nitrogens with two attached hydrogens (primary N) is 1. The molecular formula is C2H9NNaO3P. The van der Waals surface area contributed by atoms with Gasteiger partial charge >= 0.3 is 37.2 Å². The zero-order chi connectivity index (χ0) is 5.91. The molecule has 46 valence electrons. The summed E-state index contributed by atoms with van der Waals surface area (Å²) in [7, 11) is -3.79. The summed E-state index contributed by atoms with van der Waals surface area (Å²) in [4.78, 5) is 16.1. The maximum Gasteiger partial charge on any atom is 1.00 e. The average Bonchev–Trinajstić information content (AvgIpc) is 1.30. The second-order valence-electron chi connectivity index (χ2n) is 1.18. The summed E-state index contributed by atoms with van der Waals surface area (Å²) in [6, 6.07) is 0. The molecule has 0 saturated carbocycles. The monoisotopic (exact) mass is 149 g/mol. The van der Waals surface area contributed by atoms with Crippen molar-refractivity contribution in [1.82, 2.24) is 0 Å². The third-order valence-electron chi connectivity index (χ3n) is 0.420. The average molecular weight is 149 g/mol. The Morgan fingerprint density at radius 3 is 2.00 bits per heavy atom. The molecule has 8 heavy (non-hydrogen) atoms. The third-order valence-corrected chi connectivity index (χ3v) is 1.26. The van der Waals surface area contributed by atoms with Gasteiger partial charge in [0.2, 0.25) is 0 Å². The van der Waals surface area contributed by atoms with Crippen LogP contribution in [0.4, 0.5) is 0 Å². The Kier molecular flexibility index (Phi) is 7.32. The van der Waals surface area contributed by atoms with Crippen molar-refractivity contribution in [1.29, 1.82) is 0 Å². The third kappa shape index (κ3) is 10.2. The summed E-state index contributed by atoms with van der Waals surface area (Å²) in [5, 5.41) is 0. The Morgan fingerprint density at radius 1 is 1.62 bits per heavy atom. The van der Waals surface area contributed by atoms with Crippen LogP contribution in [0.5, 0.6) is 0 Å². The topological polar surface area (TPSA) is 83.6 Å². The number of rotatable bonds is 2. The Bertz CT molecular complexity index is 95.8. The molecule has 0 bridgehead atoms. The van der Waals surface area contributed by atoms with E-state index in [1.807, 2.05) is 0 Å². The van der Waals surface area contributed by atoms with Crippen LogP contribution in [0.1, 0.15) is 1.43 Å². The van der Waals surface area contributed by atoms with Crippen LogP contribution in [0, 0.1) is 0 Å². The minimum atomic E-state index is -3.79. The maximum atomic E-state index is 9.85. The van der Waals surface area contributed by atoms with Crippen molar-refractivity contribution in [2.75, 3.05) is 12.7 Å². The zero-order valence-corrected chi connectivity index (χ0v) is 7.64. The molecule has 0 aliphatic heterocycles. The van der Waals surface area contributed by atoms with Gasteiger partial charge in [-0.25, -0.2) is 0 Å².